The van der Waals surface area contributed by atoms with Crippen LogP contribution < -0.4 is 0 Å². The van der Waals surface area contributed by atoms with E-state index in [2.05, 4.69) is 10.1 Å². The van der Waals surface area contributed by atoms with Gasteiger partial charge in [0.25, 0.3) is 0 Å². The summed E-state index contributed by atoms with van der Waals surface area (Å²) in [6.07, 6.45) is 0.539. The number of aromatic nitrogens is 2. The molecule has 0 unspecified atom stereocenters. The molecule has 1 aromatic carbocycles. The Balaban J connectivity index is 2.40. The van der Waals surface area contributed by atoms with Crippen molar-refractivity contribution in [1.29, 1.82) is 0 Å². The Morgan fingerprint density at radius 3 is 2.67 bits per heavy atom. The third kappa shape index (κ3) is 3.10. The van der Waals surface area contributed by atoms with Crippen molar-refractivity contribution in [2.75, 3.05) is 0 Å². The molecule has 21 heavy (non-hydrogen) atoms. The number of carboxylic acid groups (broad SMARTS) is 1. The Morgan fingerprint density at radius 2 is 2.10 bits per heavy atom. The number of benzene rings is 1. The quantitative estimate of drug-likeness (QED) is 0.893. The molecule has 8 heteroatoms. The minimum absolute atomic E-state index is 0.00743. The molecule has 0 fully saturated rings. The van der Waals surface area contributed by atoms with E-state index in [9.17, 15) is 13.2 Å². The summed E-state index contributed by atoms with van der Waals surface area (Å²) in [5, 5.41) is 12.7. The van der Waals surface area contributed by atoms with Gasteiger partial charge in [0.2, 0.25) is 5.89 Å². The second-order valence-electron chi connectivity index (χ2n) is 4.45. The number of nitrogens with zero attached hydrogens (tertiary/aromatic N) is 2. The first-order valence-corrected chi connectivity index (χ1v) is 7.87. The van der Waals surface area contributed by atoms with Crippen LogP contribution in [-0.4, -0.2) is 29.6 Å². The lowest BCUT2D eigenvalue weighted by Crippen LogP contribution is -2.10. The zero-order valence-corrected chi connectivity index (χ0v) is 12.3. The standard InChI is InChI=1S/C13H14N2O5S/c1-3-11-14-12(20-15-11)7-21(18,19)10-6-4-5-9(8(10)2)13(16)17/h4-6H,3,7H2,1-2H3,(H,16,17). The van der Waals surface area contributed by atoms with Crippen molar-refractivity contribution < 1.29 is 22.8 Å². The van der Waals surface area contributed by atoms with E-state index >= 15 is 0 Å². The van der Waals surface area contributed by atoms with Crippen molar-refractivity contribution in [3.05, 3.63) is 41.0 Å². The molecular weight excluding hydrogens is 296 g/mol. The average Bonchev–Trinajstić information content (AvgIpc) is 2.85. The van der Waals surface area contributed by atoms with Crippen LogP contribution in [0.3, 0.4) is 0 Å². The minimum Gasteiger partial charge on any atom is -0.478 e. The van der Waals surface area contributed by atoms with Crippen molar-refractivity contribution in [3.63, 3.8) is 0 Å². The summed E-state index contributed by atoms with van der Waals surface area (Å²) in [6, 6.07) is 4.13. The predicted octanol–water partition coefficient (Wildman–Crippen LogP) is 1.61. The van der Waals surface area contributed by atoms with Crippen LogP contribution >= 0.6 is 0 Å². The van der Waals surface area contributed by atoms with Crippen LogP contribution in [0.1, 0.15) is 34.6 Å². The first-order valence-electron chi connectivity index (χ1n) is 6.22. The highest BCUT2D eigenvalue weighted by molar-refractivity contribution is 7.90. The molecule has 1 heterocycles. The van der Waals surface area contributed by atoms with Gasteiger partial charge >= 0.3 is 5.97 Å². The van der Waals surface area contributed by atoms with E-state index in [1.165, 1.54) is 25.1 Å². The molecule has 0 atom stereocenters. The summed E-state index contributed by atoms with van der Waals surface area (Å²) in [5.41, 5.74) is 0.149. The van der Waals surface area contributed by atoms with Gasteiger partial charge in [0.15, 0.2) is 15.7 Å². The number of rotatable bonds is 5. The van der Waals surface area contributed by atoms with Crippen molar-refractivity contribution in [2.45, 2.75) is 30.9 Å². The van der Waals surface area contributed by atoms with Gasteiger partial charge < -0.3 is 9.63 Å². The molecule has 0 bridgehead atoms. The number of sulfone groups is 1. The van der Waals surface area contributed by atoms with E-state index in [4.69, 9.17) is 9.63 Å². The number of aryl methyl sites for hydroxylation is 1. The summed E-state index contributed by atoms with van der Waals surface area (Å²) < 4.78 is 29.6. The maximum Gasteiger partial charge on any atom is 0.335 e. The molecule has 0 saturated carbocycles. The lowest BCUT2D eigenvalue weighted by Gasteiger charge is -2.08. The van der Waals surface area contributed by atoms with Crippen molar-refractivity contribution in [3.8, 4) is 0 Å². The smallest absolute Gasteiger partial charge is 0.335 e. The van der Waals surface area contributed by atoms with Crippen molar-refractivity contribution in [2.24, 2.45) is 0 Å². The number of carbonyl (C=O) groups is 1. The molecule has 0 spiro atoms. The number of hydrogen-bond donors (Lipinski definition) is 1. The van der Waals surface area contributed by atoms with Gasteiger partial charge in [-0.15, -0.1) is 0 Å². The first-order chi connectivity index (χ1) is 9.85. The van der Waals surface area contributed by atoms with Crippen molar-refractivity contribution >= 4 is 15.8 Å². The Bertz CT molecular complexity index is 780. The Kier molecular flexibility index (Phi) is 4.08. The third-order valence-electron chi connectivity index (χ3n) is 2.99. The molecule has 0 aliphatic heterocycles. The van der Waals surface area contributed by atoms with Gasteiger partial charge in [-0.05, 0) is 24.6 Å². The molecule has 0 aliphatic carbocycles. The molecule has 1 aromatic heterocycles. The minimum atomic E-state index is -3.75. The number of carboxylic acids is 1. The molecule has 7 nitrogen and oxygen atoms in total. The van der Waals surface area contributed by atoms with Crippen LogP contribution in [0.2, 0.25) is 0 Å². The van der Waals surface area contributed by atoms with Crippen LogP contribution in [0, 0.1) is 6.92 Å². The van der Waals surface area contributed by atoms with E-state index in [0.29, 0.717) is 12.2 Å². The van der Waals surface area contributed by atoms with Gasteiger partial charge in [0.1, 0.15) is 5.75 Å². The topological polar surface area (TPSA) is 110 Å². The molecule has 2 rings (SSSR count). The van der Waals surface area contributed by atoms with Gasteiger partial charge in [0.05, 0.1) is 10.5 Å². The molecular formula is C13H14N2O5S. The second kappa shape index (κ2) is 5.65. The zero-order valence-electron chi connectivity index (χ0n) is 11.5. The van der Waals surface area contributed by atoms with E-state index < -0.39 is 21.6 Å². The van der Waals surface area contributed by atoms with Gasteiger partial charge in [-0.1, -0.05) is 18.1 Å². The molecule has 0 saturated heterocycles. The SMILES string of the molecule is CCc1noc(CS(=O)(=O)c2cccc(C(=O)O)c2C)n1. The summed E-state index contributed by atoms with van der Waals surface area (Å²) in [5.74, 6) is -1.21. The lowest BCUT2D eigenvalue weighted by atomic mass is 10.1. The van der Waals surface area contributed by atoms with E-state index in [1.54, 1.807) is 0 Å². The number of aromatic carboxylic acids is 1. The highest BCUT2D eigenvalue weighted by Gasteiger charge is 2.23. The summed E-state index contributed by atoms with van der Waals surface area (Å²) in [7, 11) is -3.75. The molecule has 112 valence electrons. The highest BCUT2D eigenvalue weighted by atomic mass is 32.2. The summed E-state index contributed by atoms with van der Waals surface area (Å²) in [4.78, 5) is 15.0. The van der Waals surface area contributed by atoms with Crippen LogP contribution in [0.5, 0.6) is 0 Å². The lowest BCUT2D eigenvalue weighted by molar-refractivity contribution is 0.0696. The second-order valence-corrected chi connectivity index (χ2v) is 6.41. The monoisotopic (exact) mass is 310 g/mol. The fraction of sp³-hybridized carbons (Fsp3) is 0.308. The van der Waals surface area contributed by atoms with Gasteiger partial charge in [-0.25, -0.2) is 13.2 Å². The van der Waals surface area contributed by atoms with Crippen LogP contribution in [0.4, 0.5) is 0 Å². The van der Waals surface area contributed by atoms with E-state index in [1.807, 2.05) is 6.92 Å². The average molecular weight is 310 g/mol. The Labute approximate surface area is 121 Å². The summed E-state index contributed by atoms with van der Waals surface area (Å²) >= 11 is 0. The Morgan fingerprint density at radius 1 is 1.38 bits per heavy atom. The van der Waals surface area contributed by atoms with Gasteiger partial charge in [0, 0.05) is 6.42 Å². The first kappa shape index (κ1) is 15.2. The van der Waals surface area contributed by atoms with Crippen LogP contribution in [0.15, 0.2) is 27.6 Å². The number of hydrogen-bond acceptors (Lipinski definition) is 6. The normalized spacial score (nSPS) is 11.5. The van der Waals surface area contributed by atoms with Crippen LogP contribution in [-0.2, 0) is 22.0 Å². The van der Waals surface area contributed by atoms with E-state index in [0.717, 1.165) is 0 Å². The maximum atomic E-state index is 12.4. The maximum absolute atomic E-state index is 12.4. The molecule has 0 amide bonds. The van der Waals surface area contributed by atoms with E-state index in [-0.39, 0.29) is 21.9 Å². The predicted molar refractivity (Wildman–Crippen MR) is 72.7 cm³/mol. The summed E-state index contributed by atoms with van der Waals surface area (Å²) in [6.45, 7) is 3.28. The third-order valence-corrected chi connectivity index (χ3v) is 4.73. The van der Waals surface area contributed by atoms with Gasteiger partial charge in [-0.3, -0.25) is 0 Å². The Hall–Kier alpha value is -2.22. The molecule has 0 aliphatic rings. The largest absolute Gasteiger partial charge is 0.478 e. The molecule has 0 radical (unpaired) electrons. The fourth-order valence-corrected chi connectivity index (χ4v) is 3.38. The zero-order chi connectivity index (χ0) is 15.6. The highest BCUT2D eigenvalue weighted by Crippen LogP contribution is 2.22. The molecule has 1 N–H and O–H groups in total. The molecule has 2 aromatic rings. The van der Waals surface area contributed by atoms with Crippen LogP contribution in [0.25, 0.3) is 0 Å². The van der Waals surface area contributed by atoms with Gasteiger partial charge in [-0.2, -0.15) is 4.98 Å². The van der Waals surface area contributed by atoms with Crippen molar-refractivity contribution in [1.82, 2.24) is 10.1 Å². The fourth-order valence-electron chi connectivity index (χ4n) is 1.92.